The lowest BCUT2D eigenvalue weighted by Gasteiger charge is -2.22. The fourth-order valence-electron chi connectivity index (χ4n) is 2.79. The van der Waals surface area contributed by atoms with Crippen molar-refractivity contribution in [1.82, 2.24) is 4.90 Å². The van der Waals surface area contributed by atoms with Crippen LogP contribution in [-0.2, 0) is 9.53 Å². The Labute approximate surface area is 130 Å². The van der Waals surface area contributed by atoms with E-state index in [2.05, 4.69) is 17.9 Å². The molecule has 5 heteroatoms. The van der Waals surface area contributed by atoms with E-state index < -0.39 is 5.92 Å². The number of esters is 1. The highest BCUT2D eigenvalue weighted by Crippen LogP contribution is 2.26. The number of carbonyl (C=O) groups excluding carboxylic acids is 1. The molecule has 2 atom stereocenters. The van der Waals surface area contributed by atoms with Gasteiger partial charge in [-0.3, -0.25) is 4.79 Å². The van der Waals surface area contributed by atoms with E-state index in [1.54, 1.807) is 18.2 Å². The van der Waals surface area contributed by atoms with Crippen molar-refractivity contribution in [1.29, 1.82) is 5.26 Å². The summed E-state index contributed by atoms with van der Waals surface area (Å²) in [6.45, 7) is 4.78. The van der Waals surface area contributed by atoms with E-state index in [1.807, 2.05) is 0 Å². The quantitative estimate of drug-likeness (QED) is 0.803. The van der Waals surface area contributed by atoms with Crippen LogP contribution in [0.15, 0.2) is 18.2 Å². The zero-order valence-electron chi connectivity index (χ0n) is 12.3. The third kappa shape index (κ3) is 3.96. The van der Waals surface area contributed by atoms with Gasteiger partial charge >= 0.3 is 5.97 Å². The van der Waals surface area contributed by atoms with Crippen LogP contribution in [0.4, 0.5) is 0 Å². The Morgan fingerprint density at radius 2 is 2.33 bits per heavy atom. The first kappa shape index (κ1) is 15.8. The molecule has 1 fully saturated rings. The Balaban J connectivity index is 2.25. The number of nitrogens with zero attached hydrogens (tertiary/aromatic N) is 2. The molecule has 4 nitrogen and oxygen atoms in total. The third-order valence-corrected chi connectivity index (χ3v) is 4.10. The minimum absolute atomic E-state index is 0.291. The van der Waals surface area contributed by atoms with Gasteiger partial charge in [0.15, 0.2) is 0 Å². The lowest BCUT2D eigenvalue weighted by Crippen LogP contribution is -2.31. The van der Waals surface area contributed by atoms with E-state index in [4.69, 9.17) is 21.6 Å². The van der Waals surface area contributed by atoms with Gasteiger partial charge < -0.3 is 9.64 Å². The van der Waals surface area contributed by atoms with Gasteiger partial charge in [-0.2, -0.15) is 5.26 Å². The molecular formula is C16H19ClN2O2. The predicted octanol–water partition coefficient (Wildman–Crippen LogP) is 2.81. The van der Waals surface area contributed by atoms with Crippen LogP contribution in [0, 0.1) is 17.2 Å². The maximum Gasteiger partial charge on any atom is 0.314 e. The molecule has 0 radical (unpaired) electrons. The lowest BCUT2D eigenvalue weighted by atomic mass is 9.97. The van der Waals surface area contributed by atoms with Gasteiger partial charge in [-0.15, -0.1) is 0 Å². The van der Waals surface area contributed by atoms with Crippen molar-refractivity contribution >= 4 is 17.6 Å². The Bertz CT molecular complexity index is 568. The van der Waals surface area contributed by atoms with E-state index in [9.17, 15) is 4.79 Å². The number of hydrogen-bond acceptors (Lipinski definition) is 4. The fourth-order valence-corrected chi connectivity index (χ4v) is 3.03. The van der Waals surface area contributed by atoms with Gasteiger partial charge in [-0.1, -0.05) is 18.5 Å². The van der Waals surface area contributed by atoms with Crippen LogP contribution in [0.3, 0.4) is 0 Å². The average Bonchev–Trinajstić information content (AvgIpc) is 2.88. The van der Waals surface area contributed by atoms with Gasteiger partial charge in [0.25, 0.3) is 0 Å². The molecule has 112 valence electrons. The van der Waals surface area contributed by atoms with Crippen LogP contribution in [0.5, 0.6) is 0 Å². The summed E-state index contributed by atoms with van der Waals surface area (Å²) in [5, 5.41) is 9.51. The number of rotatable bonds is 4. The average molecular weight is 307 g/mol. The molecule has 2 unspecified atom stereocenters. The highest BCUT2D eigenvalue weighted by atomic mass is 35.5. The van der Waals surface area contributed by atoms with Crippen molar-refractivity contribution in [3.63, 3.8) is 0 Å². The molecule has 2 rings (SSSR count). The molecule has 21 heavy (non-hydrogen) atoms. The van der Waals surface area contributed by atoms with E-state index in [1.165, 1.54) is 7.11 Å². The second kappa shape index (κ2) is 6.93. The second-order valence-electron chi connectivity index (χ2n) is 5.61. The van der Waals surface area contributed by atoms with Crippen LogP contribution >= 0.6 is 11.6 Å². The molecule has 1 aromatic carbocycles. The zero-order chi connectivity index (χ0) is 15.4. The van der Waals surface area contributed by atoms with Crippen molar-refractivity contribution in [3.8, 4) is 6.07 Å². The van der Waals surface area contributed by atoms with Crippen molar-refractivity contribution in [3.05, 3.63) is 34.3 Å². The Morgan fingerprint density at radius 3 is 2.90 bits per heavy atom. The summed E-state index contributed by atoms with van der Waals surface area (Å²) < 4.78 is 4.93. The number of ether oxygens (including phenoxy) is 1. The summed E-state index contributed by atoms with van der Waals surface area (Å²) in [6.07, 6.45) is 1.15. The Hall–Kier alpha value is -1.57. The largest absolute Gasteiger partial charge is 0.469 e. The SMILES string of the molecule is COC(=O)C(CN1CCC(C)C1)c1cc(Cl)cc(C#N)c1. The first-order valence-corrected chi connectivity index (χ1v) is 7.42. The standard InChI is InChI=1S/C16H19ClN2O2/c1-11-3-4-19(9-11)10-15(16(20)21-2)13-5-12(8-18)6-14(17)7-13/h5-7,11,15H,3-4,9-10H2,1-2H3. The van der Waals surface area contributed by atoms with Crippen molar-refractivity contribution in [2.24, 2.45) is 5.92 Å². The molecule has 1 aliphatic heterocycles. The molecule has 0 amide bonds. The number of benzene rings is 1. The topological polar surface area (TPSA) is 53.3 Å². The van der Waals surface area contributed by atoms with Crippen LogP contribution in [-0.4, -0.2) is 37.6 Å². The van der Waals surface area contributed by atoms with E-state index in [0.29, 0.717) is 23.0 Å². The minimum Gasteiger partial charge on any atom is -0.469 e. The van der Waals surface area contributed by atoms with E-state index in [0.717, 1.165) is 25.1 Å². The summed E-state index contributed by atoms with van der Waals surface area (Å²) in [6, 6.07) is 7.12. The van der Waals surface area contributed by atoms with Gasteiger partial charge in [0, 0.05) is 18.1 Å². The van der Waals surface area contributed by atoms with Gasteiger partial charge in [0.1, 0.15) is 0 Å². The molecule has 0 bridgehead atoms. The third-order valence-electron chi connectivity index (χ3n) is 3.89. The Morgan fingerprint density at radius 1 is 1.57 bits per heavy atom. The maximum atomic E-state index is 12.1. The highest BCUT2D eigenvalue weighted by Gasteiger charge is 2.28. The first-order chi connectivity index (χ1) is 10.0. The molecule has 0 N–H and O–H groups in total. The first-order valence-electron chi connectivity index (χ1n) is 7.04. The summed E-state index contributed by atoms with van der Waals surface area (Å²) in [4.78, 5) is 14.4. The van der Waals surface area contributed by atoms with E-state index in [-0.39, 0.29) is 5.97 Å². The molecule has 0 saturated carbocycles. The normalized spacial score (nSPS) is 20.0. The number of nitriles is 1. The number of carbonyl (C=O) groups is 1. The minimum atomic E-state index is -0.411. The molecule has 0 spiro atoms. The van der Waals surface area contributed by atoms with E-state index >= 15 is 0 Å². The Kier molecular flexibility index (Phi) is 5.22. The van der Waals surface area contributed by atoms with Gasteiger partial charge in [-0.25, -0.2) is 0 Å². The summed E-state index contributed by atoms with van der Waals surface area (Å²) >= 11 is 6.04. The molecule has 0 aromatic heterocycles. The fraction of sp³-hybridized carbons (Fsp3) is 0.500. The molecule has 1 aromatic rings. The molecule has 1 saturated heterocycles. The van der Waals surface area contributed by atoms with Gasteiger partial charge in [0.2, 0.25) is 0 Å². The van der Waals surface area contributed by atoms with Crippen LogP contribution in [0.1, 0.15) is 30.4 Å². The van der Waals surface area contributed by atoms with Crippen LogP contribution < -0.4 is 0 Å². The molecule has 1 aliphatic rings. The highest BCUT2D eigenvalue weighted by molar-refractivity contribution is 6.30. The van der Waals surface area contributed by atoms with Gasteiger partial charge in [0.05, 0.1) is 24.7 Å². The smallest absolute Gasteiger partial charge is 0.314 e. The molecule has 1 heterocycles. The number of methoxy groups -OCH3 is 1. The van der Waals surface area contributed by atoms with Crippen molar-refractivity contribution in [2.75, 3.05) is 26.7 Å². The predicted molar refractivity (Wildman–Crippen MR) is 81.1 cm³/mol. The molecule has 0 aliphatic carbocycles. The summed E-state index contributed by atoms with van der Waals surface area (Å²) in [5.41, 5.74) is 1.20. The maximum absolute atomic E-state index is 12.1. The van der Waals surface area contributed by atoms with Crippen molar-refractivity contribution < 1.29 is 9.53 Å². The van der Waals surface area contributed by atoms with Gasteiger partial charge in [-0.05, 0) is 42.6 Å². The lowest BCUT2D eigenvalue weighted by molar-refractivity contribution is -0.142. The van der Waals surface area contributed by atoms with Crippen LogP contribution in [0.25, 0.3) is 0 Å². The summed E-state index contributed by atoms with van der Waals surface area (Å²) in [7, 11) is 1.39. The van der Waals surface area contributed by atoms with Crippen LogP contribution in [0.2, 0.25) is 5.02 Å². The summed E-state index contributed by atoms with van der Waals surface area (Å²) in [5.74, 6) is -0.0517. The molecular weight excluding hydrogens is 288 g/mol. The number of likely N-dealkylation sites (tertiary alicyclic amines) is 1. The zero-order valence-corrected chi connectivity index (χ0v) is 13.1. The second-order valence-corrected chi connectivity index (χ2v) is 6.05. The monoisotopic (exact) mass is 306 g/mol. The van der Waals surface area contributed by atoms with Crippen molar-refractivity contribution in [2.45, 2.75) is 19.3 Å². The number of hydrogen-bond donors (Lipinski definition) is 0. The number of halogens is 1.